The lowest BCUT2D eigenvalue weighted by molar-refractivity contribution is -0.137. The highest BCUT2D eigenvalue weighted by molar-refractivity contribution is 5.89. The number of hydrogen-bond acceptors (Lipinski definition) is 4. The molecule has 0 unspecified atom stereocenters. The van der Waals surface area contributed by atoms with Gasteiger partial charge in [-0.3, -0.25) is 14.4 Å². The van der Waals surface area contributed by atoms with Crippen LogP contribution in [0.5, 0.6) is 0 Å². The van der Waals surface area contributed by atoms with Crippen LogP contribution < -0.4 is 0 Å². The first kappa shape index (κ1) is 17.2. The molecule has 2 N–H and O–H groups in total. The van der Waals surface area contributed by atoms with Crippen molar-refractivity contribution in [2.24, 2.45) is 0 Å². The zero-order chi connectivity index (χ0) is 17.8. The van der Waals surface area contributed by atoms with E-state index in [1.165, 1.54) is 4.68 Å². The summed E-state index contributed by atoms with van der Waals surface area (Å²) in [6.45, 7) is 2.16. The maximum absolute atomic E-state index is 11.4. The minimum atomic E-state index is -0.912. The average molecular weight is 343 g/mol. The molecule has 3 rings (SSSR count). The van der Waals surface area contributed by atoms with Crippen LogP contribution in [0, 0.1) is 0 Å². The Labute approximate surface area is 145 Å². The fourth-order valence-electron chi connectivity index (χ4n) is 3.37. The largest absolute Gasteiger partial charge is 0.480 e. The zero-order valence-corrected chi connectivity index (χ0v) is 13.8. The van der Waals surface area contributed by atoms with Crippen molar-refractivity contribution in [3.8, 4) is 0 Å². The van der Waals surface area contributed by atoms with Crippen LogP contribution in [-0.2, 0) is 17.9 Å². The third kappa shape index (κ3) is 4.24. The molecule has 1 fully saturated rings. The van der Waals surface area contributed by atoms with Crippen molar-refractivity contribution >= 4 is 11.9 Å². The molecule has 1 aromatic carbocycles. The fraction of sp³-hybridized carbons (Fsp3) is 0.389. The molecule has 2 heterocycles. The van der Waals surface area contributed by atoms with E-state index in [1.807, 2.05) is 18.2 Å². The van der Waals surface area contributed by atoms with Crippen LogP contribution in [0.25, 0.3) is 0 Å². The van der Waals surface area contributed by atoms with E-state index in [-0.39, 0.29) is 12.5 Å². The van der Waals surface area contributed by atoms with Gasteiger partial charge in [0.2, 0.25) is 0 Å². The van der Waals surface area contributed by atoms with Crippen molar-refractivity contribution in [1.82, 2.24) is 14.7 Å². The monoisotopic (exact) mass is 343 g/mol. The predicted molar refractivity (Wildman–Crippen MR) is 90.5 cm³/mol. The number of aliphatic carboxylic acids is 1. The molecule has 1 aliphatic rings. The molecular weight excluding hydrogens is 322 g/mol. The summed E-state index contributed by atoms with van der Waals surface area (Å²) in [4.78, 5) is 24.4. The van der Waals surface area contributed by atoms with Gasteiger partial charge in [0.25, 0.3) is 0 Å². The summed E-state index contributed by atoms with van der Waals surface area (Å²) in [5.74, 6) is -1.58. The van der Waals surface area contributed by atoms with Crippen LogP contribution in [0.2, 0.25) is 0 Å². The van der Waals surface area contributed by atoms with E-state index in [0.717, 1.165) is 37.2 Å². The minimum Gasteiger partial charge on any atom is -0.480 e. The Balaban J connectivity index is 1.68. The van der Waals surface area contributed by atoms with E-state index in [4.69, 9.17) is 5.11 Å². The second-order valence-corrected chi connectivity index (χ2v) is 6.37. The Kier molecular flexibility index (Phi) is 5.14. The van der Waals surface area contributed by atoms with Crippen molar-refractivity contribution in [2.75, 3.05) is 13.1 Å². The van der Waals surface area contributed by atoms with Crippen molar-refractivity contribution < 1.29 is 19.8 Å². The number of aromatic carboxylic acids is 1. The fourth-order valence-corrected chi connectivity index (χ4v) is 3.37. The Morgan fingerprint density at radius 3 is 2.76 bits per heavy atom. The van der Waals surface area contributed by atoms with E-state index in [9.17, 15) is 14.7 Å². The first-order valence-corrected chi connectivity index (χ1v) is 8.31. The van der Waals surface area contributed by atoms with E-state index in [1.54, 1.807) is 18.3 Å². The number of likely N-dealkylation sites (tertiary alicyclic amines) is 1. The predicted octanol–water partition coefficient (Wildman–Crippen LogP) is 2.05. The number of carbonyl (C=O) groups is 2. The molecule has 0 aliphatic carbocycles. The summed E-state index contributed by atoms with van der Waals surface area (Å²) < 4.78 is 1.44. The van der Waals surface area contributed by atoms with Gasteiger partial charge >= 0.3 is 11.9 Å². The van der Waals surface area contributed by atoms with Gasteiger partial charge in [-0.05, 0) is 37.1 Å². The maximum atomic E-state index is 11.4. The van der Waals surface area contributed by atoms with Gasteiger partial charge < -0.3 is 10.2 Å². The molecule has 7 nitrogen and oxygen atoms in total. The van der Waals surface area contributed by atoms with Crippen LogP contribution in [0.15, 0.2) is 36.5 Å². The van der Waals surface area contributed by atoms with Gasteiger partial charge in [0, 0.05) is 25.2 Å². The number of benzene rings is 1. The van der Waals surface area contributed by atoms with E-state index >= 15 is 0 Å². The second-order valence-electron chi connectivity index (χ2n) is 6.37. The molecule has 1 atom stereocenters. The summed E-state index contributed by atoms with van der Waals surface area (Å²) in [5, 5.41) is 22.5. The highest BCUT2D eigenvalue weighted by Gasteiger charge is 2.24. The van der Waals surface area contributed by atoms with Gasteiger partial charge in [0.05, 0.1) is 11.3 Å². The molecule has 1 aromatic heterocycles. The quantitative estimate of drug-likeness (QED) is 0.833. The molecule has 0 amide bonds. The molecule has 1 saturated heterocycles. The summed E-state index contributed by atoms with van der Waals surface area (Å²) >= 11 is 0. The number of nitrogens with zero attached hydrogens (tertiary/aromatic N) is 3. The Morgan fingerprint density at radius 1 is 1.20 bits per heavy atom. The molecule has 0 radical (unpaired) electrons. The third-order valence-corrected chi connectivity index (χ3v) is 4.52. The van der Waals surface area contributed by atoms with Crippen molar-refractivity contribution in [3.05, 3.63) is 53.3 Å². The van der Waals surface area contributed by atoms with Crippen molar-refractivity contribution in [1.29, 1.82) is 0 Å². The SMILES string of the molecule is O=C(O)Cn1ccc([C@@H]2CCCN(Cc3ccccc3C(=O)O)C2)n1. The van der Waals surface area contributed by atoms with Gasteiger partial charge in [-0.25, -0.2) is 4.79 Å². The number of rotatable bonds is 6. The molecule has 1 aliphatic heterocycles. The third-order valence-electron chi connectivity index (χ3n) is 4.52. The Morgan fingerprint density at radius 2 is 2.00 bits per heavy atom. The molecule has 0 spiro atoms. The molecule has 0 saturated carbocycles. The zero-order valence-electron chi connectivity index (χ0n) is 13.8. The minimum absolute atomic E-state index is 0.136. The molecule has 7 heteroatoms. The lowest BCUT2D eigenvalue weighted by Crippen LogP contribution is -2.34. The summed E-state index contributed by atoms with van der Waals surface area (Å²) in [6.07, 6.45) is 3.70. The van der Waals surface area contributed by atoms with Gasteiger partial charge in [0.1, 0.15) is 6.54 Å². The van der Waals surface area contributed by atoms with Gasteiger partial charge in [-0.15, -0.1) is 0 Å². The normalized spacial score (nSPS) is 18.2. The second kappa shape index (κ2) is 7.48. The van der Waals surface area contributed by atoms with Crippen LogP contribution >= 0.6 is 0 Å². The number of carboxylic acid groups (broad SMARTS) is 2. The van der Waals surface area contributed by atoms with Crippen LogP contribution in [0.3, 0.4) is 0 Å². The lowest BCUT2D eigenvalue weighted by atomic mass is 9.94. The molecule has 132 valence electrons. The van der Waals surface area contributed by atoms with E-state index < -0.39 is 11.9 Å². The first-order valence-electron chi connectivity index (χ1n) is 8.31. The average Bonchev–Trinajstić information content (AvgIpc) is 3.03. The first-order chi connectivity index (χ1) is 12.0. The smallest absolute Gasteiger partial charge is 0.336 e. The summed E-state index contributed by atoms with van der Waals surface area (Å²) in [6, 6.07) is 8.96. The highest BCUT2D eigenvalue weighted by atomic mass is 16.4. The summed E-state index contributed by atoms with van der Waals surface area (Å²) in [5.41, 5.74) is 2.06. The van der Waals surface area contributed by atoms with Gasteiger partial charge in [-0.2, -0.15) is 5.10 Å². The van der Waals surface area contributed by atoms with Crippen LogP contribution in [0.4, 0.5) is 0 Å². The number of hydrogen-bond donors (Lipinski definition) is 2. The topological polar surface area (TPSA) is 95.7 Å². The van der Waals surface area contributed by atoms with Crippen LogP contribution in [0.1, 0.15) is 40.4 Å². The number of aromatic nitrogens is 2. The van der Waals surface area contributed by atoms with Crippen molar-refractivity contribution in [2.45, 2.75) is 31.8 Å². The molecule has 25 heavy (non-hydrogen) atoms. The molecule has 2 aromatic rings. The number of carboxylic acids is 2. The van der Waals surface area contributed by atoms with E-state index in [2.05, 4.69) is 10.00 Å². The maximum Gasteiger partial charge on any atom is 0.336 e. The van der Waals surface area contributed by atoms with Crippen molar-refractivity contribution in [3.63, 3.8) is 0 Å². The highest BCUT2D eigenvalue weighted by Crippen LogP contribution is 2.27. The standard InChI is InChI=1S/C18H21N3O4/c22-17(23)12-21-9-7-16(19-21)14-5-3-8-20(11-14)10-13-4-1-2-6-15(13)18(24)25/h1-2,4,6-7,9,14H,3,5,8,10-12H2,(H,22,23)(H,24,25)/t14-/m1/s1. The van der Waals surface area contributed by atoms with Gasteiger partial charge in [-0.1, -0.05) is 18.2 Å². The molecular formula is C18H21N3O4. The molecule has 0 bridgehead atoms. The lowest BCUT2D eigenvalue weighted by Gasteiger charge is -2.32. The van der Waals surface area contributed by atoms with E-state index in [0.29, 0.717) is 12.1 Å². The summed E-state index contributed by atoms with van der Waals surface area (Å²) in [7, 11) is 0. The Hall–Kier alpha value is -2.67. The number of piperidine rings is 1. The van der Waals surface area contributed by atoms with Gasteiger partial charge in [0.15, 0.2) is 0 Å². The van der Waals surface area contributed by atoms with Crippen LogP contribution in [-0.4, -0.2) is 49.9 Å². The Bertz CT molecular complexity index is 771.